The number of aliphatic carboxylic acids is 1. The highest BCUT2D eigenvalue weighted by Crippen LogP contribution is 2.30. The van der Waals surface area contributed by atoms with Crippen molar-refractivity contribution in [1.82, 2.24) is 4.90 Å². The highest BCUT2D eigenvalue weighted by Gasteiger charge is 2.41. The molecule has 20 heavy (non-hydrogen) atoms. The fourth-order valence-electron chi connectivity index (χ4n) is 2.54. The Kier molecular flexibility index (Phi) is 4.39. The van der Waals surface area contributed by atoms with Crippen LogP contribution in [0.4, 0.5) is 0 Å². The normalized spacial score (nSPS) is 22.9. The zero-order valence-corrected chi connectivity index (χ0v) is 11.7. The minimum atomic E-state index is -1.04. The fraction of sp³-hybridized carbons (Fsp3) is 0.467. The van der Waals surface area contributed by atoms with Crippen LogP contribution in [0, 0.1) is 0 Å². The molecule has 1 aliphatic heterocycles. The first kappa shape index (κ1) is 14.5. The number of ether oxygens (including phenoxy) is 1. The molecular formula is C15H19NO4. The van der Waals surface area contributed by atoms with Crippen molar-refractivity contribution in [3.63, 3.8) is 0 Å². The number of carbonyl (C=O) groups is 2. The number of benzene rings is 1. The van der Waals surface area contributed by atoms with Crippen molar-refractivity contribution in [2.75, 3.05) is 13.2 Å². The number of carboxylic acid groups (broad SMARTS) is 1. The quantitative estimate of drug-likeness (QED) is 0.908. The lowest BCUT2D eigenvalue weighted by molar-refractivity contribution is -0.172. The lowest BCUT2D eigenvalue weighted by Gasteiger charge is -2.39. The number of amides is 1. The summed E-state index contributed by atoms with van der Waals surface area (Å²) in [6.45, 7) is 4.19. The number of hydrogen-bond acceptors (Lipinski definition) is 3. The summed E-state index contributed by atoms with van der Waals surface area (Å²) in [5.41, 5.74) is 1.97. The second-order valence-corrected chi connectivity index (χ2v) is 4.79. The van der Waals surface area contributed by atoms with Crippen molar-refractivity contribution in [1.29, 1.82) is 0 Å². The number of morpholine rings is 1. The van der Waals surface area contributed by atoms with E-state index in [9.17, 15) is 14.7 Å². The van der Waals surface area contributed by atoms with Crippen LogP contribution in [-0.2, 0) is 20.7 Å². The van der Waals surface area contributed by atoms with E-state index in [1.54, 1.807) is 4.90 Å². The van der Waals surface area contributed by atoms with E-state index in [-0.39, 0.29) is 12.5 Å². The number of carboxylic acids is 1. The Balaban J connectivity index is 2.38. The first-order chi connectivity index (χ1) is 9.58. The molecule has 0 bridgehead atoms. The second-order valence-electron chi connectivity index (χ2n) is 4.79. The lowest BCUT2D eigenvalue weighted by Crippen LogP contribution is -2.51. The van der Waals surface area contributed by atoms with Crippen LogP contribution in [0.25, 0.3) is 0 Å². The molecule has 5 heteroatoms. The van der Waals surface area contributed by atoms with Crippen LogP contribution < -0.4 is 0 Å². The van der Waals surface area contributed by atoms with Gasteiger partial charge in [-0.3, -0.25) is 4.79 Å². The Hall–Kier alpha value is -1.88. The summed E-state index contributed by atoms with van der Waals surface area (Å²) >= 11 is 0. The third-order valence-electron chi connectivity index (χ3n) is 3.64. The van der Waals surface area contributed by atoms with E-state index in [0.717, 1.165) is 12.0 Å². The highest BCUT2D eigenvalue weighted by molar-refractivity contribution is 5.82. The van der Waals surface area contributed by atoms with Crippen molar-refractivity contribution in [3.05, 3.63) is 35.4 Å². The molecule has 1 aliphatic rings. The van der Waals surface area contributed by atoms with Gasteiger partial charge in [0.1, 0.15) is 6.61 Å². The van der Waals surface area contributed by atoms with Crippen molar-refractivity contribution in [2.45, 2.75) is 32.4 Å². The molecule has 1 aromatic carbocycles. The van der Waals surface area contributed by atoms with E-state index in [2.05, 4.69) is 6.92 Å². The summed E-state index contributed by atoms with van der Waals surface area (Å²) in [6.07, 6.45) is -0.0969. The van der Waals surface area contributed by atoms with E-state index in [1.807, 2.05) is 31.2 Å². The average Bonchev–Trinajstić information content (AvgIpc) is 2.46. The summed E-state index contributed by atoms with van der Waals surface area (Å²) in [7, 11) is 0. The van der Waals surface area contributed by atoms with E-state index >= 15 is 0 Å². The van der Waals surface area contributed by atoms with Crippen molar-refractivity contribution < 1.29 is 19.4 Å². The van der Waals surface area contributed by atoms with Gasteiger partial charge in [0.15, 0.2) is 6.10 Å². The molecule has 1 aromatic rings. The van der Waals surface area contributed by atoms with Gasteiger partial charge in [-0.25, -0.2) is 4.79 Å². The van der Waals surface area contributed by atoms with Gasteiger partial charge in [-0.2, -0.15) is 0 Å². The number of likely N-dealkylation sites (N-methyl/N-ethyl adjacent to an activating group) is 1. The Labute approximate surface area is 118 Å². The number of hydrogen-bond donors (Lipinski definition) is 1. The molecule has 1 heterocycles. The predicted molar refractivity (Wildman–Crippen MR) is 73.3 cm³/mol. The summed E-state index contributed by atoms with van der Waals surface area (Å²) in [5.74, 6) is -1.21. The van der Waals surface area contributed by atoms with E-state index in [1.165, 1.54) is 5.56 Å². The van der Waals surface area contributed by atoms with Gasteiger partial charge < -0.3 is 14.7 Å². The molecule has 108 valence electrons. The predicted octanol–water partition coefficient (Wildman–Crippen LogP) is 1.62. The van der Waals surface area contributed by atoms with Crippen LogP contribution in [-0.4, -0.2) is 41.1 Å². The zero-order chi connectivity index (χ0) is 14.7. The topological polar surface area (TPSA) is 66.8 Å². The maximum Gasteiger partial charge on any atom is 0.335 e. The molecule has 2 rings (SSSR count). The molecule has 2 atom stereocenters. The Bertz CT molecular complexity index is 495. The van der Waals surface area contributed by atoms with Crippen molar-refractivity contribution in [2.24, 2.45) is 0 Å². The van der Waals surface area contributed by atoms with E-state index < -0.39 is 18.1 Å². The van der Waals surface area contributed by atoms with Gasteiger partial charge in [0.2, 0.25) is 5.91 Å². The highest BCUT2D eigenvalue weighted by atomic mass is 16.5. The summed E-state index contributed by atoms with van der Waals surface area (Å²) in [5, 5.41) is 9.31. The van der Waals surface area contributed by atoms with E-state index in [4.69, 9.17) is 4.74 Å². The van der Waals surface area contributed by atoms with Crippen LogP contribution >= 0.6 is 0 Å². The molecule has 0 spiro atoms. The van der Waals surface area contributed by atoms with Gasteiger partial charge in [0, 0.05) is 6.54 Å². The molecule has 0 aromatic heterocycles. The van der Waals surface area contributed by atoms with Crippen LogP contribution in [0.15, 0.2) is 24.3 Å². The molecule has 5 nitrogen and oxygen atoms in total. The van der Waals surface area contributed by atoms with Gasteiger partial charge in [-0.05, 0) is 24.5 Å². The van der Waals surface area contributed by atoms with Crippen molar-refractivity contribution in [3.8, 4) is 0 Å². The van der Waals surface area contributed by atoms with Gasteiger partial charge in [-0.1, -0.05) is 31.2 Å². The summed E-state index contributed by atoms with van der Waals surface area (Å²) in [6, 6.07) is 7.11. The van der Waals surface area contributed by atoms with Gasteiger partial charge in [0.25, 0.3) is 0 Å². The monoisotopic (exact) mass is 277 g/mol. The average molecular weight is 277 g/mol. The molecule has 0 saturated carbocycles. The molecule has 1 saturated heterocycles. The Morgan fingerprint density at radius 1 is 1.35 bits per heavy atom. The summed E-state index contributed by atoms with van der Waals surface area (Å²) < 4.78 is 5.22. The molecule has 0 aliphatic carbocycles. The number of rotatable bonds is 4. The van der Waals surface area contributed by atoms with E-state index in [0.29, 0.717) is 6.54 Å². The zero-order valence-electron chi connectivity index (χ0n) is 11.7. The summed E-state index contributed by atoms with van der Waals surface area (Å²) in [4.78, 5) is 24.8. The minimum absolute atomic E-state index is 0.172. The third kappa shape index (κ3) is 2.67. The number of carbonyl (C=O) groups excluding carboxylic acids is 1. The van der Waals surface area contributed by atoms with Gasteiger partial charge >= 0.3 is 5.97 Å². The first-order valence-electron chi connectivity index (χ1n) is 6.81. The standard InChI is InChI=1S/C15H19NO4/c1-3-10-5-7-11(8-6-10)13-14(15(18)19)20-9-12(17)16(13)4-2/h5-8,13-14H,3-4,9H2,1-2H3,(H,18,19). The van der Waals surface area contributed by atoms with Crippen LogP contribution in [0.3, 0.4) is 0 Å². The Morgan fingerprint density at radius 3 is 2.50 bits per heavy atom. The molecule has 0 radical (unpaired) electrons. The maximum atomic E-state index is 11.9. The van der Waals surface area contributed by atoms with Crippen LogP contribution in [0.2, 0.25) is 0 Å². The number of aryl methyl sites for hydroxylation is 1. The Morgan fingerprint density at radius 2 is 2.00 bits per heavy atom. The molecular weight excluding hydrogens is 258 g/mol. The minimum Gasteiger partial charge on any atom is -0.479 e. The van der Waals surface area contributed by atoms with Gasteiger partial charge in [0.05, 0.1) is 6.04 Å². The largest absolute Gasteiger partial charge is 0.479 e. The molecule has 2 unspecified atom stereocenters. The maximum absolute atomic E-state index is 11.9. The van der Waals surface area contributed by atoms with Gasteiger partial charge in [-0.15, -0.1) is 0 Å². The third-order valence-corrected chi connectivity index (χ3v) is 3.64. The second kappa shape index (κ2) is 6.05. The molecule has 1 N–H and O–H groups in total. The van der Waals surface area contributed by atoms with Crippen LogP contribution in [0.5, 0.6) is 0 Å². The smallest absolute Gasteiger partial charge is 0.335 e. The fourth-order valence-corrected chi connectivity index (χ4v) is 2.54. The van der Waals surface area contributed by atoms with Crippen LogP contribution in [0.1, 0.15) is 31.0 Å². The SMILES string of the molecule is CCc1ccc(C2C(C(=O)O)OCC(=O)N2CC)cc1. The first-order valence-corrected chi connectivity index (χ1v) is 6.81. The lowest BCUT2D eigenvalue weighted by atomic mass is 9.96. The molecule has 1 fully saturated rings. The molecule has 1 amide bonds. The van der Waals surface area contributed by atoms with Crippen molar-refractivity contribution >= 4 is 11.9 Å². The number of nitrogens with zero attached hydrogens (tertiary/aromatic N) is 1.